The van der Waals surface area contributed by atoms with Crippen molar-refractivity contribution in [1.29, 1.82) is 0 Å². The highest BCUT2D eigenvalue weighted by Gasteiger charge is 2.60. The van der Waals surface area contributed by atoms with E-state index < -0.39 is 30.1 Å². The van der Waals surface area contributed by atoms with E-state index in [2.05, 4.69) is 0 Å². The largest absolute Gasteiger partial charge is 0.436 e. The maximum absolute atomic E-state index is 12.6. The van der Waals surface area contributed by atoms with Gasteiger partial charge < -0.3 is 10.4 Å². The number of hydrogen-bond donors (Lipinski definition) is 2. The molecule has 0 aromatic heterocycles. The predicted molar refractivity (Wildman–Crippen MR) is 57.7 cm³/mol. The molecule has 1 aromatic rings. The number of hydrogen-bond acceptors (Lipinski definition) is 2. The van der Waals surface area contributed by atoms with Gasteiger partial charge in [0.15, 0.2) is 0 Å². The highest BCUT2D eigenvalue weighted by molar-refractivity contribution is 5.86. The third kappa shape index (κ3) is 2.08. The van der Waals surface area contributed by atoms with Crippen LogP contribution in [0, 0.1) is 6.92 Å². The molecule has 0 radical (unpaired) electrons. The van der Waals surface area contributed by atoms with Crippen LogP contribution in [-0.2, 0) is 4.79 Å². The lowest BCUT2D eigenvalue weighted by Crippen LogP contribution is -2.53. The van der Waals surface area contributed by atoms with Gasteiger partial charge in [0.05, 0.1) is 5.92 Å². The first-order valence-electron chi connectivity index (χ1n) is 5.41. The molecular formula is C12H12F3NO2. The first-order chi connectivity index (χ1) is 8.23. The van der Waals surface area contributed by atoms with Crippen LogP contribution in [-0.4, -0.2) is 22.9 Å². The summed E-state index contributed by atoms with van der Waals surface area (Å²) in [5.41, 5.74) is -1.80. The predicted octanol–water partition coefficient (Wildman–Crippen LogP) is 1.85. The minimum Gasteiger partial charge on any atom is -0.363 e. The lowest BCUT2D eigenvalue weighted by atomic mass is 9.93. The molecule has 0 spiro atoms. The van der Waals surface area contributed by atoms with E-state index in [4.69, 9.17) is 0 Å². The van der Waals surface area contributed by atoms with Crippen molar-refractivity contribution in [2.75, 3.05) is 0 Å². The van der Waals surface area contributed by atoms with Gasteiger partial charge in [0, 0.05) is 6.42 Å². The lowest BCUT2D eigenvalue weighted by Gasteiger charge is -2.25. The van der Waals surface area contributed by atoms with Crippen molar-refractivity contribution in [3.05, 3.63) is 35.4 Å². The molecule has 6 heteroatoms. The van der Waals surface area contributed by atoms with E-state index in [0.29, 0.717) is 5.56 Å². The van der Waals surface area contributed by atoms with Crippen LogP contribution in [0.25, 0.3) is 0 Å². The first kappa shape index (κ1) is 12.9. The van der Waals surface area contributed by atoms with Gasteiger partial charge in [0.1, 0.15) is 0 Å². The normalized spacial score (nSPS) is 28.3. The fourth-order valence-electron chi connectivity index (χ4n) is 2.07. The number of rotatable bonds is 1. The van der Waals surface area contributed by atoms with Crippen molar-refractivity contribution in [3.8, 4) is 0 Å². The SMILES string of the molecule is Cc1cccc([C@H]2C[C@@](O)(C(F)(F)F)NC2=O)c1. The van der Waals surface area contributed by atoms with E-state index >= 15 is 0 Å². The first-order valence-corrected chi connectivity index (χ1v) is 5.41. The van der Waals surface area contributed by atoms with Gasteiger partial charge in [0.2, 0.25) is 11.6 Å². The van der Waals surface area contributed by atoms with E-state index in [0.717, 1.165) is 5.56 Å². The molecule has 1 aromatic carbocycles. The number of halogens is 3. The summed E-state index contributed by atoms with van der Waals surface area (Å²) in [6.07, 6.45) is -5.57. The van der Waals surface area contributed by atoms with Crippen LogP contribution in [0.2, 0.25) is 0 Å². The number of amides is 1. The summed E-state index contributed by atoms with van der Waals surface area (Å²) in [6.45, 7) is 1.78. The Morgan fingerprint density at radius 1 is 1.44 bits per heavy atom. The molecule has 0 unspecified atom stereocenters. The van der Waals surface area contributed by atoms with Crippen LogP contribution in [0.1, 0.15) is 23.5 Å². The number of carbonyl (C=O) groups is 1. The second-order valence-electron chi connectivity index (χ2n) is 4.52. The minimum atomic E-state index is -4.87. The van der Waals surface area contributed by atoms with Crippen LogP contribution in [0.4, 0.5) is 13.2 Å². The van der Waals surface area contributed by atoms with E-state index in [-0.39, 0.29) is 0 Å². The summed E-state index contributed by atoms with van der Waals surface area (Å²) >= 11 is 0. The molecule has 18 heavy (non-hydrogen) atoms. The molecule has 1 heterocycles. The van der Waals surface area contributed by atoms with Gasteiger partial charge in [-0.3, -0.25) is 4.79 Å². The molecule has 98 valence electrons. The Kier molecular flexibility index (Phi) is 2.85. The van der Waals surface area contributed by atoms with Crippen LogP contribution < -0.4 is 5.32 Å². The molecule has 2 N–H and O–H groups in total. The Labute approximate surface area is 102 Å². The Bertz CT molecular complexity index is 486. The molecule has 1 fully saturated rings. The van der Waals surface area contributed by atoms with Gasteiger partial charge in [-0.25, -0.2) is 0 Å². The average Bonchev–Trinajstić information content (AvgIpc) is 2.55. The van der Waals surface area contributed by atoms with E-state index in [9.17, 15) is 23.1 Å². The molecule has 1 aliphatic rings. The third-order valence-electron chi connectivity index (χ3n) is 3.06. The van der Waals surface area contributed by atoms with Gasteiger partial charge in [0.25, 0.3) is 0 Å². The number of aryl methyl sites for hydroxylation is 1. The Hall–Kier alpha value is -1.56. The number of alkyl halides is 3. The summed E-state index contributed by atoms with van der Waals surface area (Å²) in [5.74, 6) is -1.78. The second kappa shape index (κ2) is 3.98. The van der Waals surface area contributed by atoms with Gasteiger partial charge in [-0.15, -0.1) is 0 Å². The van der Waals surface area contributed by atoms with Crippen LogP contribution in [0.5, 0.6) is 0 Å². The molecule has 2 rings (SSSR count). The van der Waals surface area contributed by atoms with Crippen LogP contribution in [0.15, 0.2) is 24.3 Å². The number of nitrogens with one attached hydrogen (secondary N) is 1. The van der Waals surface area contributed by atoms with Gasteiger partial charge in [-0.2, -0.15) is 13.2 Å². The van der Waals surface area contributed by atoms with Gasteiger partial charge in [-0.1, -0.05) is 29.8 Å². The maximum Gasteiger partial charge on any atom is 0.436 e. The number of aliphatic hydroxyl groups is 1. The fourth-order valence-corrected chi connectivity index (χ4v) is 2.07. The summed E-state index contributed by atoms with van der Waals surface area (Å²) < 4.78 is 37.9. The zero-order valence-electron chi connectivity index (χ0n) is 9.58. The Balaban J connectivity index is 2.31. The van der Waals surface area contributed by atoms with Crippen LogP contribution in [0.3, 0.4) is 0 Å². The van der Waals surface area contributed by atoms with Crippen molar-refractivity contribution >= 4 is 5.91 Å². The van der Waals surface area contributed by atoms with E-state index in [1.165, 1.54) is 0 Å². The molecule has 1 aliphatic heterocycles. The summed E-state index contributed by atoms with van der Waals surface area (Å²) in [4.78, 5) is 11.6. The minimum absolute atomic E-state index is 0.479. The lowest BCUT2D eigenvalue weighted by molar-refractivity contribution is -0.266. The summed E-state index contributed by atoms with van der Waals surface area (Å²) in [7, 11) is 0. The Morgan fingerprint density at radius 3 is 2.61 bits per heavy atom. The van der Waals surface area contributed by atoms with Crippen molar-refractivity contribution < 1.29 is 23.1 Å². The second-order valence-corrected chi connectivity index (χ2v) is 4.52. The molecule has 1 saturated heterocycles. The molecular weight excluding hydrogens is 247 g/mol. The molecule has 3 nitrogen and oxygen atoms in total. The van der Waals surface area contributed by atoms with Crippen molar-refractivity contribution in [2.24, 2.45) is 0 Å². The van der Waals surface area contributed by atoms with E-state index in [1.54, 1.807) is 36.5 Å². The highest BCUT2D eigenvalue weighted by Crippen LogP contribution is 2.41. The topological polar surface area (TPSA) is 49.3 Å². The molecule has 0 saturated carbocycles. The van der Waals surface area contributed by atoms with Gasteiger partial charge >= 0.3 is 6.18 Å². The number of benzene rings is 1. The number of carbonyl (C=O) groups excluding carboxylic acids is 1. The molecule has 2 atom stereocenters. The molecule has 0 aliphatic carbocycles. The zero-order valence-corrected chi connectivity index (χ0v) is 9.58. The maximum atomic E-state index is 12.6. The molecule has 1 amide bonds. The third-order valence-corrected chi connectivity index (χ3v) is 3.06. The van der Waals surface area contributed by atoms with Crippen molar-refractivity contribution in [3.63, 3.8) is 0 Å². The smallest absolute Gasteiger partial charge is 0.363 e. The van der Waals surface area contributed by atoms with Crippen molar-refractivity contribution in [1.82, 2.24) is 5.32 Å². The average molecular weight is 259 g/mol. The van der Waals surface area contributed by atoms with Gasteiger partial charge in [-0.05, 0) is 12.5 Å². The molecule has 0 bridgehead atoms. The summed E-state index contributed by atoms with van der Waals surface area (Å²) in [6, 6.07) is 6.68. The standard InChI is InChI=1S/C12H12F3NO2/c1-7-3-2-4-8(5-7)9-6-11(18,12(13,14)15)16-10(9)17/h2-5,9,18H,6H2,1H3,(H,16,17)/t9-,11-/m1/s1. The Morgan fingerprint density at radius 2 is 2.11 bits per heavy atom. The monoisotopic (exact) mass is 259 g/mol. The quantitative estimate of drug-likeness (QED) is 0.808. The fraction of sp³-hybridized carbons (Fsp3) is 0.417. The van der Waals surface area contributed by atoms with Crippen molar-refractivity contribution in [2.45, 2.75) is 31.2 Å². The highest BCUT2D eigenvalue weighted by atomic mass is 19.4. The van der Waals surface area contributed by atoms with E-state index in [1.807, 2.05) is 0 Å². The summed E-state index contributed by atoms with van der Waals surface area (Å²) in [5, 5.41) is 11.1. The zero-order chi connectivity index (χ0) is 13.6. The van der Waals surface area contributed by atoms with Crippen LogP contribution >= 0.6 is 0 Å².